The fourth-order valence-corrected chi connectivity index (χ4v) is 2.44. The second-order valence-electron chi connectivity index (χ2n) is 6.40. The van der Waals surface area contributed by atoms with Crippen molar-refractivity contribution in [3.8, 4) is 0 Å². The highest BCUT2D eigenvalue weighted by Gasteiger charge is 2.14. The summed E-state index contributed by atoms with van der Waals surface area (Å²) in [5, 5.41) is 0. The molecular formula is C21H25FN2O2. The lowest BCUT2D eigenvalue weighted by molar-refractivity contribution is 0.0468. The Hall–Kier alpha value is -2.69. The van der Waals surface area contributed by atoms with Crippen molar-refractivity contribution in [3.63, 3.8) is 0 Å². The smallest absolute Gasteiger partial charge is 0.338 e. The van der Waals surface area contributed by atoms with Crippen LogP contribution in [0.5, 0.6) is 0 Å². The largest absolute Gasteiger partial charge is 0.457 e. The Balaban J connectivity index is 2.15. The second-order valence-corrected chi connectivity index (χ2v) is 6.40. The summed E-state index contributed by atoms with van der Waals surface area (Å²) in [6.07, 6.45) is 1.76. The molecule has 5 heteroatoms. The molecule has 2 aromatic carbocycles. The van der Waals surface area contributed by atoms with Crippen LogP contribution in [0.25, 0.3) is 0 Å². The average molecular weight is 356 g/mol. The Morgan fingerprint density at radius 2 is 1.92 bits per heavy atom. The molecule has 0 saturated carbocycles. The van der Waals surface area contributed by atoms with E-state index >= 15 is 0 Å². The molecular weight excluding hydrogens is 331 g/mol. The molecule has 0 aliphatic rings. The zero-order valence-corrected chi connectivity index (χ0v) is 16.0. The first-order chi connectivity index (χ1) is 12.3. The van der Waals surface area contributed by atoms with Gasteiger partial charge in [-0.1, -0.05) is 18.2 Å². The van der Waals surface area contributed by atoms with Gasteiger partial charge in [0.15, 0.2) is 0 Å². The van der Waals surface area contributed by atoms with E-state index in [1.54, 1.807) is 37.5 Å². The fourth-order valence-electron chi connectivity index (χ4n) is 2.44. The highest BCUT2D eigenvalue weighted by atomic mass is 19.1. The Bertz CT molecular complexity index is 831. The summed E-state index contributed by atoms with van der Waals surface area (Å²) in [7, 11) is 1.95. The minimum Gasteiger partial charge on any atom is -0.457 e. The van der Waals surface area contributed by atoms with Crippen LogP contribution in [0.3, 0.4) is 0 Å². The molecule has 138 valence electrons. The van der Waals surface area contributed by atoms with Gasteiger partial charge < -0.3 is 9.64 Å². The first-order valence-electron chi connectivity index (χ1n) is 8.60. The summed E-state index contributed by atoms with van der Waals surface area (Å²) in [5.41, 5.74) is 3.84. The van der Waals surface area contributed by atoms with Gasteiger partial charge >= 0.3 is 5.97 Å². The van der Waals surface area contributed by atoms with E-state index in [2.05, 4.69) is 4.99 Å². The van der Waals surface area contributed by atoms with Crippen molar-refractivity contribution in [2.24, 2.45) is 4.99 Å². The van der Waals surface area contributed by atoms with Gasteiger partial charge in [-0.2, -0.15) is 0 Å². The van der Waals surface area contributed by atoms with Crippen LogP contribution in [0.15, 0.2) is 35.3 Å². The van der Waals surface area contributed by atoms with Gasteiger partial charge in [0.05, 0.1) is 17.6 Å². The maximum atomic E-state index is 14.0. The molecule has 0 aromatic heterocycles. The van der Waals surface area contributed by atoms with Crippen molar-refractivity contribution in [1.82, 2.24) is 4.90 Å². The summed E-state index contributed by atoms with van der Waals surface area (Å²) in [6.45, 7) is 8.23. The van der Waals surface area contributed by atoms with Crippen molar-refractivity contribution in [3.05, 3.63) is 64.0 Å². The van der Waals surface area contributed by atoms with Gasteiger partial charge in [-0.15, -0.1) is 0 Å². The predicted molar refractivity (Wildman–Crippen MR) is 103 cm³/mol. The molecule has 0 unspecified atom stereocenters. The number of halogens is 1. The summed E-state index contributed by atoms with van der Waals surface area (Å²) in [4.78, 5) is 18.8. The molecule has 0 atom stereocenters. The van der Waals surface area contributed by atoms with E-state index in [0.29, 0.717) is 16.7 Å². The maximum Gasteiger partial charge on any atom is 0.338 e. The van der Waals surface area contributed by atoms with Crippen molar-refractivity contribution < 1.29 is 13.9 Å². The fraction of sp³-hybridized carbons (Fsp3) is 0.333. The normalized spacial score (nSPS) is 11.0. The van der Waals surface area contributed by atoms with Crippen LogP contribution < -0.4 is 0 Å². The third-order valence-corrected chi connectivity index (χ3v) is 4.29. The minimum absolute atomic E-state index is 0.0912. The summed E-state index contributed by atoms with van der Waals surface area (Å²) in [6, 6.07) is 8.68. The van der Waals surface area contributed by atoms with Crippen LogP contribution in [0.4, 0.5) is 10.1 Å². The molecule has 0 radical (unpaired) electrons. The number of esters is 1. The zero-order chi connectivity index (χ0) is 19.3. The van der Waals surface area contributed by atoms with Crippen LogP contribution in [0.1, 0.15) is 39.5 Å². The van der Waals surface area contributed by atoms with Gasteiger partial charge in [0, 0.05) is 19.2 Å². The number of aryl methyl sites for hydroxylation is 3. The third kappa shape index (κ3) is 4.69. The standard InChI is InChI=1S/C21H25FN2O2/c1-6-24(5)13-23-19-11-15(3)18(10-16(19)4)21(25)26-12-17-9-7-8-14(2)20(17)22/h7-11,13H,6,12H2,1-5H3/b23-13+. The van der Waals surface area contributed by atoms with Crippen molar-refractivity contribution in [2.75, 3.05) is 13.6 Å². The molecule has 0 amide bonds. The number of hydrogen-bond donors (Lipinski definition) is 0. The topological polar surface area (TPSA) is 41.9 Å². The zero-order valence-electron chi connectivity index (χ0n) is 16.0. The lowest BCUT2D eigenvalue weighted by Gasteiger charge is -2.12. The number of hydrogen-bond acceptors (Lipinski definition) is 3. The maximum absolute atomic E-state index is 14.0. The van der Waals surface area contributed by atoms with E-state index in [1.807, 2.05) is 38.8 Å². The monoisotopic (exact) mass is 356 g/mol. The van der Waals surface area contributed by atoms with Gasteiger partial charge in [-0.05, 0) is 56.5 Å². The molecule has 0 aliphatic heterocycles. The van der Waals surface area contributed by atoms with E-state index in [1.165, 1.54) is 0 Å². The molecule has 26 heavy (non-hydrogen) atoms. The molecule has 0 fully saturated rings. The van der Waals surface area contributed by atoms with Crippen molar-refractivity contribution >= 4 is 18.0 Å². The first kappa shape index (κ1) is 19.6. The number of nitrogens with zero attached hydrogens (tertiary/aromatic N) is 2. The molecule has 0 aliphatic carbocycles. The number of carbonyl (C=O) groups excluding carboxylic acids is 1. The lowest BCUT2D eigenvalue weighted by Crippen LogP contribution is -2.14. The SMILES string of the molecule is CCN(C)/C=N/c1cc(C)c(C(=O)OCc2cccc(C)c2F)cc1C. The molecule has 0 heterocycles. The second kappa shape index (κ2) is 8.61. The van der Waals surface area contributed by atoms with E-state index in [4.69, 9.17) is 4.74 Å². The molecule has 0 saturated heterocycles. The first-order valence-corrected chi connectivity index (χ1v) is 8.60. The summed E-state index contributed by atoms with van der Waals surface area (Å²) < 4.78 is 19.3. The number of aliphatic imine (C=N–C) groups is 1. The molecule has 4 nitrogen and oxygen atoms in total. The van der Waals surface area contributed by atoms with Crippen molar-refractivity contribution in [2.45, 2.75) is 34.3 Å². The van der Waals surface area contributed by atoms with Crippen LogP contribution in [-0.2, 0) is 11.3 Å². The number of benzene rings is 2. The van der Waals surface area contributed by atoms with E-state index < -0.39 is 5.97 Å². The Kier molecular flexibility index (Phi) is 6.50. The van der Waals surface area contributed by atoms with E-state index in [9.17, 15) is 9.18 Å². The number of rotatable bonds is 6. The van der Waals surface area contributed by atoms with Crippen LogP contribution >= 0.6 is 0 Å². The van der Waals surface area contributed by atoms with Gasteiger partial charge in [0.2, 0.25) is 0 Å². The average Bonchev–Trinajstić information content (AvgIpc) is 2.62. The van der Waals surface area contributed by atoms with Gasteiger partial charge in [0.25, 0.3) is 0 Å². The molecule has 0 bridgehead atoms. The summed E-state index contributed by atoms with van der Waals surface area (Å²) in [5.74, 6) is -0.800. The van der Waals surface area contributed by atoms with Gasteiger partial charge in [0.1, 0.15) is 12.4 Å². The van der Waals surface area contributed by atoms with E-state index in [0.717, 1.165) is 23.4 Å². The van der Waals surface area contributed by atoms with Crippen LogP contribution in [0.2, 0.25) is 0 Å². The van der Waals surface area contributed by atoms with E-state index in [-0.39, 0.29) is 12.4 Å². The number of carbonyl (C=O) groups is 1. The third-order valence-electron chi connectivity index (χ3n) is 4.29. The highest BCUT2D eigenvalue weighted by molar-refractivity contribution is 5.92. The van der Waals surface area contributed by atoms with Crippen molar-refractivity contribution in [1.29, 1.82) is 0 Å². The Morgan fingerprint density at radius 1 is 1.19 bits per heavy atom. The molecule has 0 N–H and O–H groups in total. The predicted octanol–water partition coefficient (Wildman–Crippen LogP) is 4.72. The molecule has 0 spiro atoms. The molecule has 2 aromatic rings. The highest BCUT2D eigenvalue weighted by Crippen LogP contribution is 2.24. The Labute approximate surface area is 154 Å². The van der Waals surface area contributed by atoms with Crippen LogP contribution in [-0.4, -0.2) is 30.8 Å². The molecule has 2 rings (SSSR count). The Morgan fingerprint density at radius 3 is 2.62 bits per heavy atom. The van der Waals surface area contributed by atoms with Crippen LogP contribution in [0, 0.1) is 26.6 Å². The minimum atomic E-state index is -0.465. The summed E-state index contributed by atoms with van der Waals surface area (Å²) >= 11 is 0. The number of ether oxygens (including phenoxy) is 1. The lowest BCUT2D eigenvalue weighted by atomic mass is 10.0. The quantitative estimate of drug-likeness (QED) is 0.427. The van der Waals surface area contributed by atoms with Gasteiger partial charge in [-0.25, -0.2) is 14.2 Å². The van der Waals surface area contributed by atoms with Gasteiger partial charge in [-0.3, -0.25) is 0 Å².